The first-order valence-corrected chi connectivity index (χ1v) is 10.6. The van der Waals surface area contributed by atoms with Crippen molar-refractivity contribution in [2.24, 2.45) is 10.4 Å². The molecule has 0 spiro atoms. The molecule has 0 saturated heterocycles. The van der Waals surface area contributed by atoms with Crippen molar-refractivity contribution in [2.45, 2.75) is 26.8 Å². The van der Waals surface area contributed by atoms with Gasteiger partial charge in [-0.25, -0.2) is 0 Å². The fraction of sp³-hybridized carbons (Fsp3) is 0.261. The van der Waals surface area contributed by atoms with Crippen molar-refractivity contribution in [3.05, 3.63) is 92.4 Å². The Balaban J connectivity index is 0.000000379. The monoisotopic (exact) mass is 467 g/mol. The molecule has 1 heterocycles. The SMILES string of the molecule is CC(C)(C)[C@H]1COC([C]2[CH][CH][CH][C]2[Se]c2ccccc2)=N1.[CH]1[CH][CH][CH][CH]1.[Fe+2]. The van der Waals surface area contributed by atoms with Crippen LogP contribution in [0.15, 0.2) is 35.3 Å². The third kappa shape index (κ3) is 6.93. The first kappa shape index (κ1) is 23.0. The zero-order chi connectivity index (χ0) is 18.4. The van der Waals surface area contributed by atoms with E-state index in [2.05, 4.69) is 70.4 Å². The summed E-state index contributed by atoms with van der Waals surface area (Å²) < 4.78 is 7.25. The second-order valence-electron chi connectivity index (χ2n) is 7.31. The Kier molecular flexibility index (Phi) is 9.42. The van der Waals surface area contributed by atoms with Crippen molar-refractivity contribution in [3.63, 3.8) is 0 Å². The molecule has 10 radical (unpaired) electrons. The van der Waals surface area contributed by atoms with Gasteiger partial charge in [0, 0.05) is 0 Å². The van der Waals surface area contributed by atoms with Gasteiger partial charge in [-0.2, -0.15) is 0 Å². The van der Waals surface area contributed by atoms with Gasteiger partial charge >= 0.3 is 151 Å². The summed E-state index contributed by atoms with van der Waals surface area (Å²) in [7, 11) is 0. The standard InChI is InChI=1S/C18H20NOSe.C5H5.Fe/c1-18(2,3)16-12-20-17(19-16)14-10-7-11-15(14)21-13-8-5-4-6-9-13;1-2-4-5-3-1;/h4-11,16H,12H2,1-3H3;1-5H;/q;;+2/t16-;;/m1../s1. The van der Waals surface area contributed by atoms with Gasteiger partial charge in [0.25, 0.3) is 0 Å². The van der Waals surface area contributed by atoms with Gasteiger partial charge in [0.1, 0.15) is 0 Å². The van der Waals surface area contributed by atoms with Crippen molar-refractivity contribution >= 4 is 25.3 Å². The summed E-state index contributed by atoms with van der Waals surface area (Å²) in [6, 6.07) is 10.9. The van der Waals surface area contributed by atoms with Gasteiger partial charge in [0.2, 0.25) is 0 Å². The topological polar surface area (TPSA) is 21.6 Å². The fourth-order valence-corrected chi connectivity index (χ4v) is 4.58. The minimum Gasteiger partial charge on any atom is -0.0312 e. The van der Waals surface area contributed by atoms with Crippen molar-refractivity contribution < 1.29 is 21.8 Å². The van der Waals surface area contributed by atoms with Crippen LogP contribution in [0.1, 0.15) is 20.8 Å². The Morgan fingerprint density at radius 1 is 0.926 bits per heavy atom. The van der Waals surface area contributed by atoms with Crippen LogP contribution in [0, 0.1) is 67.5 Å². The van der Waals surface area contributed by atoms with Crippen LogP contribution in [0.3, 0.4) is 0 Å². The molecule has 1 atom stereocenters. The van der Waals surface area contributed by atoms with E-state index in [4.69, 9.17) is 9.73 Å². The molecule has 2 saturated carbocycles. The number of aliphatic imine (C=N–C) groups is 1. The van der Waals surface area contributed by atoms with E-state index in [9.17, 15) is 0 Å². The number of ether oxygens (including phenoxy) is 1. The predicted octanol–water partition coefficient (Wildman–Crippen LogP) is 3.61. The first-order chi connectivity index (χ1) is 12.5. The molecule has 4 heteroatoms. The van der Waals surface area contributed by atoms with Crippen molar-refractivity contribution in [1.29, 1.82) is 0 Å². The van der Waals surface area contributed by atoms with Crippen molar-refractivity contribution in [3.8, 4) is 0 Å². The number of nitrogens with zero attached hydrogens (tertiary/aromatic N) is 1. The maximum atomic E-state index is 5.87. The number of rotatable bonds is 3. The predicted molar refractivity (Wildman–Crippen MR) is 109 cm³/mol. The zero-order valence-corrected chi connectivity index (χ0v) is 18.7. The smallest absolute Gasteiger partial charge is 0.0312 e. The van der Waals surface area contributed by atoms with Crippen molar-refractivity contribution in [1.82, 2.24) is 0 Å². The van der Waals surface area contributed by atoms with Crippen LogP contribution in [-0.4, -0.2) is 33.5 Å². The average molecular weight is 466 g/mol. The van der Waals surface area contributed by atoms with Gasteiger partial charge in [-0.3, -0.25) is 0 Å². The van der Waals surface area contributed by atoms with E-state index < -0.39 is 0 Å². The van der Waals surface area contributed by atoms with E-state index in [1.165, 1.54) is 15.2 Å². The van der Waals surface area contributed by atoms with Gasteiger partial charge in [0.05, 0.1) is 0 Å². The van der Waals surface area contributed by atoms with Crippen LogP contribution in [0.4, 0.5) is 0 Å². The molecule has 0 unspecified atom stereocenters. The summed E-state index contributed by atoms with van der Waals surface area (Å²) in [6.07, 6.45) is 16.4. The third-order valence-corrected chi connectivity index (χ3v) is 6.46. The van der Waals surface area contributed by atoms with Crippen LogP contribution in [-0.2, 0) is 21.8 Å². The molecule has 1 aromatic carbocycles. The fourth-order valence-electron chi connectivity index (χ4n) is 2.57. The van der Waals surface area contributed by atoms with Crippen LogP contribution >= 0.6 is 0 Å². The Morgan fingerprint density at radius 2 is 1.56 bits per heavy atom. The average Bonchev–Trinajstić information content (AvgIpc) is 3.38. The summed E-state index contributed by atoms with van der Waals surface area (Å²) in [5, 5.41) is 0. The van der Waals surface area contributed by atoms with Crippen LogP contribution in [0.5, 0.6) is 0 Å². The molecule has 27 heavy (non-hydrogen) atoms. The molecule has 0 aromatic heterocycles. The number of benzene rings is 1. The van der Waals surface area contributed by atoms with Gasteiger partial charge in [-0.15, -0.1) is 0 Å². The molecule has 1 aromatic rings. The van der Waals surface area contributed by atoms with E-state index in [0.29, 0.717) is 21.6 Å². The molecular weight excluding hydrogens is 441 g/mol. The Hall–Kier alpha value is -0.271. The van der Waals surface area contributed by atoms with Crippen molar-refractivity contribution in [2.75, 3.05) is 6.61 Å². The van der Waals surface area contributed by atoms with E-state index in [1.807, 2.05) is 32.1 Å². The summed E-state index contributed by atoms with van der Waals surface area (Å²) in [5.74, 6) is 2.00. The van der Waals surface area contributed by atoms with Gasteiger partial charge in [0.15, 0.2) is 0 Å². The summed E-state index contributed by atoms with van der Waals surface area (Å²) in [4.78, 5) is 6.16. The summed E-state index contributed by atoms with van der Waals surface area (Å²) >= 11 is 0.297. The van der Waals surface area contributed by atoms with E-state index in [0.717, 1.165) is 5.90 Å². The largest absolute Gasteiger partial charge is 2.00 e. The minimum atomic E-state index is 0. The van der Waals surface area contributed by atoms with E-state index in [-0.39, 0.29) is 28.5 Å². The van der Waals surface area contributed by atoms with Crippen LogP contribution < -0.4 is 4.46 Å². The second kappa shape index (κ2) is 11.1. The third-order valence-electron chi connectivity index (χ3n) is 4.18. The Morgan fingerprint density at radius 3 is 2.11 bits per heavy atom. The van der Waals surface area contributed by atoms with Gasteiger partial charge < -0.3 is 0 Å². The number of hydrogen-bond donors (Lipinski definition) is 0. The Labute approximate surface area is 183 Å². The molecular formula is C23H25FeNOSe+2. The molecule has 0 N–H and O–H groups in total. The molecule has 0 amide bonds. The van der Waals surface area contributed by atoms with Gasteiger partial charge in [-0.1, -0.05) is 0 Å². The normalized spacial score (nSPS) is 23.2. The molecule has 2 aliphatic carbocycles. The molecule has 2 fully saturated rings. The maximum absolute atomic E-state index is 5.87. The van der Waals surface area contributed by atoms with Crippen LogP contribution in [0.2, 0.25) is 0 Å². The molecule has 0 bridgehead atoms. The minimum absolute atomic E-state index is 0. The van der Waals surface area contributed by atoms with E-state index in [1.54, 1.807) is 0 Å². The van der Waals surface area contributed by atoms with Crippen LogP contribution in [0.25, 0.3) is 0 Å². The maximum Gasteiger partial charge on any atom is 2.00 e. The summed E-state index contributed by atoms with van der Waals surface area (Å²) in [6.45, 7) is 7.34. The molecule has 140 valence electrons. The first-order valence-electron chi connectivity index (χ1n) is 8.90. The molecule has 3 aliphatic rings. The molecule has 2 nitrogen and oxygen atoms in total. The van der Waals surface area contributed by atoms with Gasteiger partial charge in [-0.05, 0) is 32.1 Å². The molecule has 1 aliphatic heterocycles. The zero-order valence-electron chi connectivity index (χ0n) is 15.9. The Bertz CT molecular complexity index is 572. The molecule has 4 rings (SSSR count). The summed E-state index contributed by atoms with van der Waals surface area (Å²) in [5.41, 5.74) is 0.152. The quantitative estimate of drug-likeness (QED) is 0.624. The second-order valence-corrected chi connectivity index (χ2v) is 9.65. The van der Waals surface area contributed by atoms with E-state index >= 15 is 0 Å². The number of hydrogen-bond acceptors (Lipinski definition) is 2.